The van der Waals surface area contributed by atoms with E-state index in [0.29, 0.717) is 12.1 Å². The molecule has 1 amide bonds. The number of aromatic nitrogens is 4. The second-order valence-electron chi connectivity index (χ2n) is 9.82. The Morgan fingerprint density at radius 1 is 1.06 bits per heavy atom. The van der Waals surface area contributed by atoms with Crippen LogP contribution >= 0.6 is 0 Å². The minimum Gasteiger partial charge on any atom is -0.352 e. The molecular weight excluding hydrogens is 436 g/mol. The quantitative estimate of drug-likeness (QED) is 0.430. The molecule has 180 valence electrons. The highest BCUT2D eigenvalue weighted by Gasteiger charge is 2.20. The fraction of sp³-hybridized carbons (Fsp3) is 0.357. The van der Waals surface area contributed by atoms with Crippen LogP contribution in [0, 0.1) is 0 Å². The molecule has 0 spiro atoms. The predicted octanol–water partition coefficient (Wildman–Crippen LogP) is 5.02. The van der Waals surface area contributed by atoms with Crippen molar-refractivity contribution >= 4 is 22.8 Å². The van der Waals surface area contributed by atoms with Crippen molar-refractivity contribution in [2.24, 2.45) is 0 Å². The molecule has 0 saturated heterocycles. The third kappa shape index (κ3) is 4.63. The van der Waals surface area contributed by atoms with E-state index in [1.54, 1.807) is 6.20 Å². The second-order valence-corrected chi connectivity index (χ2v) is 9.82. The number of carbonyl (C=O) groups excluding carboxylic acids is 1. The Kier molecular flexibility index (Phi) is 6.24. The number of amides is 1. The summed E-state index contributed by atoms with van der Waals surface area (Å²) in [6.45, 7) is 10.5. The summed E-state index contributed by atoms with van der Waals surface area (Å²) in [6, 6.07) is 14.7. The van der Waals surface area contributed by atoms with Crippen LogP contribution in [0.25, 0.3) is 11.0 Å². The van der Waals surface area contributed by atoms with Gasteiger partial charge >= 0.3 is 0 Å². The largest absolute Gasteiger partial charge is 0.352 e. The third-order valence-electron chi connectivity index (χ3n) is 6.63. The van der Waals surface area contributed by atoms with E-state index in [2.05, 4.69) is 72.3 Å². The Bertz CT molecular complexity index is 1360. The van der Waals surface area contributed by atoms with Crippen molar-refractivity contribution < 1.29 is 4.79 Å². The zero-order chi connectivity index (χ0) is 24.5. The van der Waals surface area contributed by atoms with Crippen LogP contribution in [0.2, 0.25) is 0 Å². The summed E-state index contributed by atoms with van der Waals surface area (Å²) in [5, 5.41) is 8.33. The minimum absolute atomic E-state index is 0.126. The first-order chi connectivity index (χ1) is 16.9. The predicted molar refractivity (Wildman–Crippen MR) is 139 cm³/mol. The Labute approximate surface area is 206 Å². The lowest BCUT2D eigenvalue weighted by atomic mass is 10.00. The van der Waals surface area contributed by atoms with Crippen molar-refractivity contribution in [3.8, 4) is 0 Å². The number of carbonyl (C=O) groups is 1. The maximum atomic E-state index is 13.2. The number of nitrogens with one attached hydrogen (secondary N) is 1. The number of benzene rings is 1. The van der Waals surface area contributed by atoms with Crippen molar-refractivity contribution in [1.29, 1.82) is 0 Å². The van der Waals surface area contributed by atoms with E-state index in [1.807, 2.05) is 29.1 Å². The molecule has 0 unspecified atom stereocenters. The number of hydrogen-bond acceptors (Lipinski definition) is 5. The molecule has 4 aromatic rings. The summed E-state index contributed by atoms with van der Waals surface area (Å²) < 4.78 is 1.87. The van der Waals surface area contributed by atoms with Crippen LogP contribution in [0.5, 0.6) is 0 Å². The monoisotopic (exact) mass is 468 g/mol. The van der Waals surface area contributed by atoms with Gasteiger partial charge in [-0.3, -0.25) is 4.79 Å². The Balaban J connectivity index is 1.30. The molecule has 0 saturated carbocycles. The summed E-state index contributed by atoms with van der Waals surface area (Å²) in [4.78, 5) is 25.0. The van der Waals surface area contributed by atoms with Gasteiger partial charge in [0.25, 0.3) is 5.91 Å². The van der Waals surface area contributed by atoms with Gasteiger partial charge in [0.1, 0.15) is 5.82 Å². The van der Waals surface area contributed by atoms with Gasteiger partial charge in [-0.1, -0.05) is 44.2 Å². The first-order valence-corrected chi connectivity index (χ1v) is 12.3. The van der Waals surface area contributed by atoms with Gasteiger partial charge in [-0.2, -0.15) is 5.10 Å². The summed E-state index contributed by atoms with van der Waals surface area (Å²) in [7, 11) is 0. The molecule has 35 heavy (non-hydrogen) atoms. The number of fused-ring (bicyclic) bond motifs is 2. The molecule has 7 nitrogen and oxygen atoms in total. The molecule has 0 atom stereocenters. The van der Waals surface area contributed by atoms with E-state index >= 15 is 0 Å². The van der Waals surface area contributed by atoms with E-state index in [-0.39, 0.29) is 17.9 Å². The highest BCUT2D eigenvalue weighted by molar-refractivity contribution is 6.05. The van der Waals surface area contributed by atoms with Crippen LogP contribution in [0.15, 0.2) is 54.9 Å². The van der Waals surface area contributed by atoms with Gasteiger partial charge in [0.05, 0.1) is 17.1 Å². The van der Waals surface area contributed by atoms with E-state index < -0.39 is 0 Å². The average Bonchev–Trinajstić information content (AvgIpc) is 3.31. The van der Waals surface area contributed by atoms with Crippen LogP contribution in [-0.4, -0.2) is 32.2 Å². The fourth-order valence-electron chi connectivity index (χ4n) is 4.58. The fourth-order valence-corrected chi connectivity index (χ4v) is 4.58. The lowest BCUT2D eigenvalue weighted by Crippen LogP contribution is -2.31. The van der Waals surface area contributed by atoms with Crippen LogP contribution in [0.4, 0.5) is 5.82 Å². The molecule has 4 heterocycles. The number of nitrogens with zero attached hydrogens (tertiary/aromatic N) is 5. The SMILES string of the molecule is CC(C)c1cc(C(=O)NCc2ccc(N3CCc4ccccc4C3)nc2)c2cnn(C(C)C)c2n1. The van der Waals surface area contributed by atoms with Gasteiger partial charge in [0.15, 0.2) is 5.65 Å². The van der Waals surface area contributed by atoms with Crippen LogP contribution in [0.3, 0.4) is 0 Å². The normalized spacial score (nSPS) is 13.5. The molecule has 0 bridgehead atoms. The molecule has 1 aromatic carbocycles. The number of pyridine rings is 2. The standard InChI is InChI=1S/C28H32N6O/c1-18(2)25-13-23(24-16-31-34(19(3)4)27(24)32-25)28(35)30-15-20-9-10-26(29-14-20)33-12-11-21-7-5-6-8-22(21)17-33/h5-10,13-14,16,18-19H,11-12,15,17H2,1-4H3,(H,30,35). The highest BCUT2D eigenvalue weighted by atomic mass is 16.1. The average molecular weight is 469 g/mol. The lowest BCUT2D eigenvalue weighted by molar-refractivity contribution is 0.0952. The first kappa shape index (κ1) is 23.0. The Hall–Kier alpha value is -3.74. The molecular formula is C28H32N6O. The van der Waals surface area contributed by atoms with E-state index in [9.17, 15) is 4.79 Å². The topological polar surface area (TPSA) is 75.9 Å². The first-order valence-electron chi connectivity index (χ1n) is 12.3. The van der Waals surface area contributed by atoms with E-state index in [4.69, 9.17) is 4.98 Å². The summed E-state index contributed by atoms with van der Waals surface area (Å²) in [5.74, 6) is 1.05. The molecule has 7 heteroatoms. The van der Waals surface area contributed by atoms with Crippen molar-refractivity contribution in [3.63, 3.8) is 0 Å². The van der Waals surface area contributed by atoms with Crippen molar-refractivity contribution in [3.05, 3.63) is 82.8 Å². The summed E-state index contributed by atoms with van der Waals surface area (Å²) in [6.07, 6.45) is 4.63. The third-order valence-corrected chi connectivity index (χ3v) is 6.63. The zero-order valence-electron chi connectivity index (χ0n) is 20.8. The smallest absolute Gasteiger partial charge is 0.252 e. The van der Waals surface area contributed by atoms with Crippen molar-refractivity contribution in [1.82, 2.24) is 25.1 Å². The number of anilines is 1. The minimum atomic E-state index is -0.126. The van der Waals surface area contributed by atoms with Gasteiger partial charge in [-0.25, -0.2) is 14.6 Å². The molecule has 3 aromatic heterocycles. The van der Waals surface area contributed by atoms with Crippen LogP contribution < -0.4 is 10.2 Å². The van der Waals surface area contributed by atoms with Gasteiger partial charge < -0.3 is 10.2 Å². The van der Waals surface area contributed by atoms with Crippen LogP contribution in [-0.2, 0) is 19.5 Å². The van der Waals surface area contributed by atoms with Gasteiger partial charge in [0.2, 0.25) is 0 Å². The Morgan fingerprint density at radius 3 is 2.57 bits per heavy atom. The van der Waals surface area contributed by atoms with E-state index in [1.165, 1.54) is 11.1 Å². The van der Waals surface area contributed by atoms with Crippen molar-refractivity contribution in [2.45, 2.75) is 59.2 Å². The maximum absolute atomic E-state index is 13.2. The van der Waals surface area contributed by atoms with Crippen molar-refractivity contribution in [2.75, 3.05) is 11.4 Å². The Morgan fingerprint density at radius 2 is 1.86 bits per heavy atom. The van der Waals surface area contributed by atoms with Gasteiger partial charge in [-0.05, 0) is 55.0 Å². The molecule has 0 aliphatic carbocycles. The number of rotatable bonds is 6. The lowest BCUT2D eigenvalue weighted by Gasteiger charge is -2.29. The summed E-state index contributed by atoms with van der Waals surface area (Å²) >= 11 is 0. The molecule has 0 radical (unpaired) electrons. The van der Waals surface area contributed by atoms with Crippen LogP contribution in [0.1, 0.15) is 72.4 Å². The number of hydrogen-bond donors (Lipinski definition) is 1. The van der Waals surface area contributed by atoms with Gasteiger partial charge in [-0.15, -0.1) is 0 Å². The molecule has 1 N–H and O–H groups in total. The van der Waals surface area contributed by atoms with E-state index in [0.717, 1.165) is 47.6 Å². The molecule has 1 aliphatic heterocycles. The molecule has 0 fully saturated rings. The molecule has 1 aliphatic rings. The second kappa shape index (κ2) is 9.49. The summed E-state index contributed by atoms with van der Waals surface area (Å²) in [5.41, 5.74) is 6.01. The zero-order valence-corrected chi connectivity index (χ0v) is 20.8. The highest BCUT2D eigenvalue weighted by Crippen LogP contribution is 2.25. The maximum Gasteiger partial charge on any atom is 0.252 e. The van der Waals surface area contributed by atoms with Gasteiger partial charge in [0, 0.05) is 37.6 Å². The molecule has 5 rings (SSSR count).